The van der Waals surface area contributed by atoms with Crippen molar-refractivity contribution in [2.24, 2.45) is 0 Å². The molecular weight excluding hydrogens is 303 g/mol. The van der Waals surface area contributed by atoms with E-state index in [1.807, 2.05) is 0 Å². The molecule has 0 aliphatic heterocycles. The lowest BCUT2D eigenvalue weighted by atomic mass is 10.0. The predicted octanol–water partition coefficient (Wildman–Crippen LogP) is 2.84. The number of carbonyl (C=O) groups excluding carboxylic acids is 2. The molecule has 0 bridgehead atoms. The van der Waals surface area contributed by atoms with Crippen molar-refractivity contribution in [3.63, 3.8) is 0 Å². The monoisotopic (exact) mass is 314 g/mol. The summed E-state index contributed by atoms with van der Waals surface area (Å²) >= 11 is 0. The first kappa shape index (κ1) is 14.7. The van der Waals surface area contributed by atoms with Crippen LogP contribution in [0.2, 0.25) is 0 Å². The quantitative estimate of drug-likeness (QED) is 0.749. The van der Waals surface area contributed by atoms with Crippen molar-refractivity contribution >= 4 is 22.7 Å². The molecule has 0 atom stereocenters. The molecule has 6 nitrogen and oxygen atoms in total. The Morgan fingerprint density at radius 1 is 1.17 bits per heavy atom. The van der Waals surface area contributed by atoms with Gasteiger partial charge in [-0.15, -0.1) is 0 Å². The summed E-state index contributed by atoms with van der Waals surface area (Å²) < 4.78 is 17.5. The molecule has 0 aliphatic rings. The summed E-state index contributed by atoms with van der Waals surface area (Å²) in [5, 5.41) is 0.437. The predicted molar refractivity (Wildman–Crippen MR) is 79.0 cm³/mol. The third-order valence-corrected chi connectivity index (χ3v) is 3.45. The number of rotatable bonds is 4. The summed E-state index contributed by atoms with van der Waals surface area (Å²) in [6.45, 7) is 0. The second kappa shape index (κ2) is 5.88. The van der Waals surface area contributed by atoms with Crippen LogP contribution in [0.4, 0.5) is 4.53 Å². The van der Waals surface area contributed by atoms with Gasteiger partial charge in [0.1, 0.15) is 11.4 Å². The van der Waals surface area contributed by atoms with Crippen molar-refractivity contribution in [3.05, 3.63) is 59.5 Å². The Balaban J connectivity index is 2.27. The topological polar surface area (TPSA) is 81.3 Å². The van der Waals surface area contributed by atoms with E-state index < -0.39 is 11.8 Å². The van der Waals surface area contributed by atoms with Crippen LogP contribution in [-0.2, 0) is 4.94 Å². The van der Waals surface area contributed by atoms with Gasteiger partial charge in [0.25, 0.3) is 0 Å². The summed E-state index contributed by atoms with van der Waals surface area (Å²) in [5.74, 6) is -1.22. The summed E-state index contributed by atoms with van der Waals surface area (Å²) in [6, 6.07) is 7.89. The van der Waals surface area contributed by atoms with Crippen LogP contribution in [0.5, 0.6) is 5.75 Å². The Morgan fingerprint density at radius 3 is 2.57 bits per heavy atom. The van der Waals surface area contributed by atoms with Crippen LogP contribution in [0, 0.1) is 0 Å². The van der Waals surface area contributed by atoms with E-state index >= 15 is 0 Å². The van der Waals surface area contributed by atoms with Gasteiger partial charge in [0.2, 0.25) is 0 Å². The van der Waals surface area contributed by atoms with Gasteiger partial charge in [-0.2, -0.15) is 0 Å². The third kappa shape index (κ3) is 2.52. The zero-order valence-electron chi connectivity index (χ0n) is 12.0. The van der Waals surface area contributed by atoms with Crippen LogP contribution in [0.15, 0.2) is 42.7 Å². The van der Waals surface area contributed by atoms with Gasteiger partial charge in [0.05, 0.1) is 12.7 Å². The summed E-state index contributed by atoms with van der Waals surface area (Å²) in [7, 11) is 1.48. The number of halogens is 1. The van der Waals surface area contributed by atoms with Gasteiger partial charge < -0.3 is 9.72 Å². The fraction of sp³-hybridized carbons (Fsp3) is 0.0625. The molecule has 116 valence electrons. The molecule has 1 N–H and O–H groups in total. The molecule has 3 rings (SSSR count). The van der Waals surface area contributed by atoms with Crippen LogP contribution in [0.1, 0.15) is 26.4 Å². The first-order valence-corrected chi connectivity index (χ1v) is 6.63. The minimum atomic E-state index is -1.27. The van der Waals surface area contributed by atoms with E-state index in [1.165, 1.54) is 31.6 Å². The number of methoxy groups -OCH3 is 1. The van der Waals surface area contributed by atoms with Crippen LogP contribution in [-0.4, -0.2) is 28.8 Å². The molecule has 2 aromatic heterocycles. The molecule has 23 heavy (non-hydrogen) atoms. The molecule has 0 amide bonds. The summed E-state index contributed by atoms with van der Waals surface area (Å²) in [4.78, 5) is 34.2. The number of nitrogens with zero attached hydrogens (tertiary/aromatic N) is 1. The zero-order valence-corrected chi connectivity index (χ0v) is 12.0. The SMILES string of the molecule is COc1ccc2[nH]c(C(=O)OF)c(C(=O)c3ccncc3)c2c1. The molecule has 0 saturated heterocycles. The first-order chi connectivity index (χ1) is 11.2. The average molecular weight is 314 g/mol. The van der Waals surface area contributed by atoms with E-state index in [4.69, 9.17) is 4.74 Å². The average Bonchev–Trinajstić information content (AvgIpc) is 2.99. The molecule has 0 fully saturated rings. The first-order valence-electron chi connectivity index (χ1n) is 6.63. The van der Waals surface area contributed by atoms with E-state index in [-0.39, 0.29) is 11.3 Å². The number of aromatic amines is 1. The lowest BCUT2D eigenvalue weighted by Gasteiger charge is -2.03. The van der Waals surface area contributed by atoms with E-state index in [9.17, 15) is 14.1 Å². The Labute approximate surface area is 129 Å². The molecule has 0 saturated carbocycles. The fourth-order valence-corrected chi connectivity index (χ4v) is 2.37. The molecule has 0 spiro atoms. The molecule has 3 aromatic rings. The molecular formula is C16H11FN2O4. The third-order valence-electron chi connectivity index (χ3n) is 3.45. The minimum Gasteiger partial charge on any atom is -0.497 e. The number of fused-ring (bicyclic) bond motifs is 1. The largest absolute Gasteiger partial charge is 0.497 e. The van der Waals surface area contributed by atoms with Crippen LogP contribution < -0.4 is 4.74 Å². The van der Waals surface area contributed by atoms with Crippen molar-refractivity contribution in [2.75, 3.05) is 7.11 Å². The van der Waals surface area contributed by atoms with E-state index in [1.54, 1.807) is 18.2 Å². The molecule has 0 aliphatic carbocycles. The number of hydrogen-bond donors (Lipinski definition) is 1. The van der Waals surface area contributed by atoms with Crippen molar-refractivity contribution in [1.29, 1.82) is 0 Å². The number of aromatic nitrogens is 2. The standard InChI is InChI=1S/C16H11FN2O4/c1-22-10-2-3-12-11(8-10)13(14(19-12)16(21)23-17)15(20)9-4-6-18-7-5-9/h2-8,19H,1H3. The van der Waals surface area contributed by atoms with Crippen molar-refractivity contribution in [2.45, 2.75) is 0 Å². The number of ether oxygens (including phenoxy) is 1. The van der Waals surface area contributed by atoms with Gasteiger partial charge in [-0.3, -0.25) is 9.78 Å². The Kier molecular flexibility index (Phi) is 3.76. The molecule has 1 aromatic carbocycles. The van der Waals surface area contributed by atoms with E-state index in [2.05, 4.69) is 14.9 Å². The number of H-pyrrole nitrogens is 1. The lowest BCUT2D eigenvalue weighted by molar-refractivity contribution is -0.0792. The van der Waals surface area contributed by atoms with Gasteiger partial charge in [-0.25, -0.2) is 9.74 Å². The lowest BCUT2D eigenvalue weighted by Crippen LogP contribution is -2.09. The van der Waals surface area contributed by atoms with Crippen LogP contribution >= 0.6 is 0 Å². The number of benzene rings is 1. The van der Waals surface area contributed by atoms with E-state index in [0.29, 0.717) is 22.2 Å². The highest BCUT2D eigenvalue weighted by molar-refractivity contribution is 6.21. The Bertz CT molecular complexity index is 890. The highest BCUT2D eigenvalue weighted by atomic mass is 19.3. The maximum atomic E-state index is 12.7. The Hall–Kier alpha value is -3.22. The molecule has 2 heterocycles. The van der Waals surface area contributed by atoms with Crippen LogP contribution in [0.25, 0.3) is 10.9 Å². The van der Waals surface area contributed by atoms with Gasteiger partial charge in [0.15, 0.2) is 5.78 Å². The van der Waals surface area contributed by atoms with Gasteiger partial charge in [0, 0.05) is 33.4 Å². The Morgan fingerprint density at radius 2 is 1.91 bits per heavy atom. The smallest absolute Gasteiger partial charge is 0.396 e. The van der Waals surface area contributed by atoms with Crippen molar-refractivity contribution in [3.8, 4) is 5.75 Å². The number of carbonyl (C=O) groups is 2. The maximum absolute atomic E-state index is 12.7. The number of pyridine rings is 1. The van der Waals surface area contributed by atoms with Gasteiger partial charge >= 0.3 is 5.97 Å². The second-order valence-corrected chi connectivity index (χ2v) is 4.72. The van der Waals surface area contributed by atoms with Gasteiger partial charge in [-0.1, -0.05) is 0 Å². The van der Waals surface area contributed by atoms with Crippen molar-refractivity contribution < 1.29 is 23.8 Å². The number of nitrogens with one attached hydrogen (secondary N) is 1. The van der Waals surface area contributed by atoms with Gasteiger partial charge in [-0.05, 0) is 30.3 Å². The fourth-order valence-electron chi connectivity index (χ4n) is 2.37. The zero-order chi connectivity index (χ0) is 16.4. The highest BCUT2D eigenvalue weighted by Gasteiger charge is 2.26. The highest BCUT2D eigenvalue weighted by Crippen LogP contribution is 2.29. The normalized spacial score (nSPS) is 10.5. The van der Waals surface area contributed by atoms with Crippen LogP contribution in [0.3, 0.4) is 0 Å². The molecule has 0 radical (unpaired) electrons. The maximum Gasteiger partial charge on any atom is 0.396 e. The minimum absolute atomic E-state index is 0.0211. The summed E-state index contributed by atoms with van der Waals surface area (Å²) in [5.41, 5.74) is 0.575. The number of ketones is 1. The van der Waals surface area contributed by atoms with E-state index in [0.717, 1.165) is 0 Å². The number of hydrogen-bond acceptors (Lipinski definition) is 5. The summed E-state index contributed by atoms with van der Waals surface area (Å²) in [6.07, 6.45) is 2.91. The van der Waals surface area contributed by atoms with Crippen molar-refractivity contribution in [1.82, 2.24) is 9.97 Å². The molecule has 0 unspecified atom stereocenters. The molecule has 7 heteroatoms. The second-order valence-electron chi connectivity index (χ2n) is 4.72.